The molecule has 1 heterocycles. The van der Waals surface area contributed by atoms with E-state index in [-0.39, 0.29) is 36.2 Å². The normalized spacial score (nSPS) is 20.9. The van der Waals surface area contributed by atoms with E-state index in [0.717, 1.165) is 25.7 Å². The van der Waals surface area contributed by atoms with E-state index in [1.165, 1.54) is 11.1 Å². The summed E-state index contributed by atoms with van der Waals surface area (Å²) in [6, 6.07) is 6.73. The number of amides is 3. The molecule has 0 spiro atoms. The lowest BCUT2D eigenvalue weighted by Gasteiger charge is -2.33. The highest BCUT2D eigenvalue weighted by molar-refractivity contribution is 5.93. The predicted octanol–water partition coefficient (Wildman–Crippen LogP) is 1.62. The third-order valence-electron chi connectivity index (χ3n) is 6.58. The first-order valence-corrected chi connectivity index (χ1v) is 12.0. The number of carbonyl (C=O) groups excluding carboxylic acids is 3. The number of nitrogens with zero attached hydrogens (tertiary/aromatic N) is 1. The zero-order valence-corrected chi connectivity index (χ0v) is 20.5. The molecule has 0 radical (unpaired) electrons. The van der Waals surface area contributed by atoms with E-state index >= 15 is 0 Å². The molecular weight excluding hydrogens is 436 g/mol. The first-order chi connectivity index (χ1) is 16.2. The van der Waals surface area contributed by atoms with E-state index in [4.69, 9.17) is 9.90 Å². The molecule has 0 saturated carbocycles. The Balaban J connectivity index is 0.00000129. The van der Waals surface area contributed by atoms with Gasteiger partial charge in [-0.15, -0.1) is 0 Å². The minimum atomic E-state index is -0.646. The highest BCUT2D eigenvalue weighted by Crippen LogP contribution is 2.30. The summed E-state index contributed by atoms with van der Waals surface area (Å²) >= 11 is 0. The van der Waals surface area contributed by atoms with Gasteiger partial charge in [0.25, 0.3) is 6.47 Å². The second-order valence-electron chi connectivity index (χ2n) is 9.19. The Hall–Kier alpha value is -2.94. The second kappa shape index (κ2) is 13.1. The average Bonchev–Trinajstić information content (AvgIpc) is 3.32. The Labute approximate surface area is 201 Å². The summed E-state index contributed by atoms with van der Waals surface area (Å²) in [4.78, 5) is 49.0. The molecule has 34 heavy (non-hydrogen) atoms. The quantitative estimate of drug-likeness (QED) is 0.445. The second-order valence-corrected chi connectivity index (χ2v) is 9.19. The van der Waals surface area contributed by atoms with Crippen molar-refractivity contribution >= 4 is 24.2 Å². The van der Waals surface area contributed by atoms with Crippen LogP contribution in [0.4, 0.5) is 0 Å². The lowest BCUT2D eigenvalue weighted by atomic mass is 9.87. The standard InChI is InChI=1S/C24H36N4O3.CH2O2/c1-15(2)21(27-22(29)16(3)25-4)24(31)28-14-8-13-20(28)23(30)26-19-12-7-10-17-9-5-6-11-18(17)19;2-1-3/h5-6,9,11,15-16,19-21,25H,7-8,10,12-14H2,1-4H3,(H,26,30)(H,27,29);1H,(H,2,3)/t16-,19-,20-,21-;/m0./s1. The number of aryl methyl sites for hydroxylation is 1. The molecule has 4 atom stereocenters. The molecule has 0 aromatic heterocycles. The lowest BCUT2D eigenvalue weighted by molar-refractivity contribution is -0.142. The summed E-state index contributed by atoms with van der Waals surface area (Å²) in [5.74, 6) is -0.554. The zero-order valence-electron chi connectivity index (χ0n) is 20.5. The fraction of sp³-hybridized carbons (Fsp3) is 0.600. The van der Waals surface area contributed by atoms with E-state index in [9.17, 15) is 14.4 Å². The number of rotatable bonds is 7. The SMILES string of the molecule is CN[C@@H](C)C(=O)N[C@H](C(=O)N1CCC[C@H]1C(=O)N[C@H]1CCCc2ccccc21)C(C)C.O=CO. The fourth-order valence-electron chi connectivity index (χ4n) is 4.58. The van der Waals surface area contributed by atoms with Crippen molar-refractivity contribution in [3.63, 3.8) is 0 Å². The summed E-state index contributed by atoms with van der Waals surface area (Å²) in [7, 11) is 1.71. The van der Waals surface area contributed by atoms with Crippen molar-refractivity contribution in [1.82, 2.24) is 20.9 Å². The number of hydrogen-bond acceptors (Lipinski definition) is 5. The van der Waals surface area contributed by atoms with Crippen LogP contribution in [0.5, 0.6) is 0 Å². The molecule has 1 aliphatic carbocycles. The lowest BCUT2D eigenvalue weighted by Crippen LogP contribution is -2.57. The zero-order chi connectivity index (χ0) is 25.3. The maximum Gasteiger partial charge on any atom is 0.290 e. The summed E-state index contributed by atoms with van der Waals surface area (Å²) in [6.07, 6.45) is 4.43. The van der Waals surface area contributed by atoms with Crippen LogP contribution in [-0.2, 0) is 25.6 Å². The first-order valence-electron chi connectivity index (χ1n) is 12.0. The van der Waals surface area contributed by atoms with E-state index in [2.05, 4.69) is 28.1 Å². The number of likely N-dealkylation sites (tertiary alicyclic amines) is 1. The Morgan fingerprint density at radius 1 is 1.12 bits per heavy atom. The van der Waals surface area contributed by atoms with Gasteiger partial charge in [0, 0.05) is 6.54 Å². The van der Waals surface area contributed by atoms with E-state index in [1.807, 2.05) is 26.0 Å². The minimum absolute atomic E-state index is 0.00733. The molecule has 0 bridgehead atoms. The van der Waals surface area contributed by atoms with Gasteiger partial charge in [-0.25, -0.2) is 0 Å². The third-order valence-corrected chi connectivity index (χ3v) is 6.58. The largest absolute Gasteiger partial charge is 0.483 e. The highest BCUT2D eigenvalue weighted by atomic mass is 16.3. The minimum Gasteiger partial charge on any atom is -0.483 e. The molecule has 9 nitrogen and oxygen atoms in total. The number of carboxylic acid groups (broad SMARTS) is 1. The smallest absolute Gasteiger partial charge is 0.290 e. The number of benzene rings is 1. The van der Waals surface area contributed by atoms with Crippen molar-refractivity contribution in [2.24, 2.45) is 5.92 Å². The number of carbonyl (C=O) groups is 4. The van der Waals surface area contributed by atoms with Crippen LogP contribution in [0.2, 0.25) is 0 Å². The van der Waals surface area contributed by atoms with Crippen LogP contribution in [0.25, 0.3) is 0 Å². The average molecular weight is 475 g/mol. The molecule has 1 saturated heterocycles. The molecular formula is C25H38N4O5. The van der Waals surface area contributed by atoms with Crippen LogP contribution in [0.1, 0.15) is 63.6 Å². The molecule has 2 aliphatic rings. The molecule has 9 heteroatoms. The molecule has 4 N–H and O–H groups in total. The highest BCUT2D eigenvalue weighted by Gasteiger charge is 2.39. The van der Waals surface area contributed by atoms with Gasteiger partial charge < -0.3 is 26.0 Å². The molecule has 0 unspecified atom stereocenters. The van der Waals surface area contributed by atoms with E-state index in [1.54, 1.807) is 18.9 Å². The summed E-state index contributed by atoms with van der Waals surface area (Å²) in [5.41, 5.74) is 2.48. The number of hydrogen-bond donors (Lipinski definition) is 4. The predicted molar refractivity (Wildman–Crippen MR) is 129 cm³/mol. The molecule has 3 rings (SSSR count). The monoisotopic (exact) mass is 474 g/mol. The van der Waals surface area contributed by atoms with E-state index < -0.39 is 18.1 Å². The number of nitrogens with one attached hydrogen (secondary N) is 3. The fourth-order valence-corrected chi connectivity index (χ4v) is 4.58. The Morgan fingerprint density at radius 3 is 2.44 bits per heavy atom. The van der Waals surface area contributed by atoms with Crippen LogP contribution in [0.15, 0.2) is 24.3 Å². The molecule has 1 aliphatic heterocycles. The van der Waals surface area contributed by atoms with Gasteiger partial charge in [0.15, 0.2) is 0 Å². The van der Waals surface area contributed by atoms with E-state index in [0.29, 0.717) is 13.0 Å². The van der Waals surface area contributed by atoms with Crippen LogP contribution in [-0.4, -0.2) is 65.9 Å². The van der Waals surface area contributed by atoms with Crippen molar-refractivity contribution in [3.05, 3.63) is 35.4 Å². The van der Waals surface area contributed by atoms with Gasteiger partial charge in [0.1, 0.15) is 12.1 Å². The van der Waals surface area contributed by atoms with Crippen molar-refractivity contribution in [2.45, 2.75) is 77.0 Å². The Bertz CT molecular complexity index is 859. The maximum atomic E-state index is 13.3. The summed E-state index contributed by atoms with van der Waals surface area (Å²) in [6.45, 7) is 5.87. The molecule has 188 valence electrons. The van der Waals surface area contributed by atoms with Gasteiger partial charge in [-0.05, 0) is 63.1 Å². The number of likely N-dealkylation sites (N-methyl/N-ethyl adjacent to an activating group) is 1. The van der Waals surface area contributed by atoms with Crippen molar-refractivity contribution in [3.8, 4) is 0 Å². The Kier molecular flexibility index (Phi) is 10.5. The van der Waals surface area contributed by atoms with Gasteiger partial charge in [0.2, 0.25) is 17.7 Å². The summed E-state index contributed by atoms with van der Waals surface area (Å²) < 4.78 is 0. The van der Waals surface area contributed by atoms with Crippen LogP contribution in [0.3, 0.4) is 0 Å². The van der Waals surface area contributed by atoms with Gasteiger partial charge in [-0.2, -0.15) is 0 Å². The van der Waals surface area contributed by atoms with Crippen molar-refractivity contribution < 1.29 is 24.3 Å². The van der Waals surface area contributed by atoms with Crippen molar-refractivity contribution in [1.29, 1.82) is 0 Å². The van der Waals surface area contributed by atoms with Gasteiger partial charge in [-0.1, -0.05) is 38.1 Å². The Morgan fingerprint density at radius 2 is 1.79 bits per heavy atom. The van der Waals surface area contributed by atoms with Crippen LogP contribution >= 0.6 is 0 Å². The van der Waals surface area contributed by atoms with Crippen molar-refractivity contribution in [2.75, 3.05) is 13.6 Å². The van der Waals surface area contributed by atoms with Gasteiger partial charge >= 0.3 is 0 Å². The molecule has 1 fully saturated rings. The van der Waals surface area contributed by atoms with Gasteiger partial charge in [-0.3, -0.25) is 19.2 Å². The van der Waals surface area contributed by atoms with Crippen LogP contribution in [0, 0.1) is 5.92 Å². The molecule has 1 aromatic carbocycles. The van der Waals surface area contributed by atoms with Gasteiger partial charge in [0.05, 0.1) is 12.1 Å². The molecule has 3 amide bonds. The number of fused-ring (bicyclic) bond motifs is 1. The first kappa shape index (κ1) is 27.3. The topological polar surface area (TPSA) is 128 Å². The maximum absolute atomic E-state index is 13.3. The third kappa shape index (κ3) is 6.79. The molecule has 1 aromatic rings. The van der Waals surface area contributed by atoms with Crippen LogP contribution < -0.4 is 16.0 Å². The summed E-state index contributed by atoms with van der Waals surface area (Å²) in [5, 5.41) is 15.9.